The number of ether oxygens (including phenoxy) is 1. The van der Waals surface area contributed by atoms with Crippen LogP contribution in [0.1, 0.15) is 11.6 Å². The first-order valence-corrected chi connectivity index (χ1v) is 8.45. The van der Waals surface area contributed by atoms with Gasteiger partial charge in [0.15, 0.2) is 0 Å². The van der Waals surface area contributed by atoms with Crippen LogP contribution in [-0.4, -0.2) is 25.0 Å². The van der Waals surface area contributed by atoms with Gasteiger partial charge < -0.3 is 10.1 Å². The molecule has 1 aliphatic rings. The number of rotatable bonds is 2. The van der Waals surface area contributed by atoms with Gasteiger partial charge in [-0.05, 0) is 29.8 Å². The van der Waals surface area contributed by atoms with Crippen LogP contribution < -0.4 is 5.32 Å². The molecule has 0 spiro atoms. The molecule has 1 N–H and O–H groups in total. The van der Waals surface area contributed by atoms with Crippen LogP contribution in [0.4, 0.5) is 24.5 Å². The van der Waals surface area contributed by atoms with E-state index in [4.69, 9.17) is 0 Å². The predicted octanol–water partition coefficient (Wildman–Crippen LogP) is 5.04. The van der Waals surface area contributed by atoms with Crippen molar-refractivity contribution >= 4 is 39.0 Å². The van der Waals surface area contributed by atoms with E-state index in [-0.39, 0.29) is 5.69 Å². The van der Waals surface area contributed by atoms with E-state index in [1.165, 1.54) is 6.07 Å². The van der Waals surface area contributed by atoms with Crippen LogP contribution in [0.5, 0.6) is 0 Å². The van der Waals surface area contributed by atoms with Crippen molar-refractivity contribution < 1.29 is 22.7 Å². The number of esters is 1. The third kappa shape index (κ3) is 3.60. The van der Waals surface area contributed by atoms with Crippen molar-refractivity contribution in [3.8, 4) is 0 Å². The average Bonchev–Trinajstić information content (AvgIpc) is 2.78. The number of aliphatic imine (C=N–C) groups is 1. The van der Waals surface area contributed by atoms with Gasteiger partial charge in [-0.3, -0.25) is 4.79 Å². The van der Waals surface area contributed by atoms with E-state index in [9.17, 15) is 18.0 Å². The quantitative estimate of drug-likeness (QED) is 0.684. The normalized spacial score (nSPS) is 19.7. The van der Waals surface area contributed by atoms with Crippen molar-refractivity contribution in [1.29, 1.82) is 0 Å². The molecule has 2 atom stereocenters. The molecule has 4 nitrogen and oxygen atoms in total. The molecular weight excluding hydrogens is 413 g/mol. The number of halogens is 4. The number of para-hydroxylation sites is 2. The Hall–Kier alpha value is -2.35. The number of anilines is 1. The molecule has 1 heterocycles. The summed E-state index contributed by atoms with van der Waals surface area (Å²) in [5.74, 6) is -2.65. The zero-order valence-corrected chi connectivity index (χ0v) is 15.1. The minimum atomic E-state index is -4.79. The molecule has 0 aromatic heterocycles. The third-order valence-electron chi connectivity index (χ3n) is 4.06. The first-order chi connectivity index (χ1) is 12.3. The molecule has 0 saturated heterocycles. The Morgan fingerprint density at radius 2 is 1.81 bits per heavy atom. The fourth-order valence-corrected chi connectivity index (χ4v) is 3.13. The van der Waals surface area contributed by atoms with Crippen molar-refractivity contribution in [2.24, 2.45) is 10.9 Å². The number of nitrogens with one attached hydrogen (secondary N) is 1. The summed E-state index contributed by atoms with van der Waals surface area (Å²) in [6, 6.07) is 12.1. The maximum atomic E-state index is 13.7. The van der Waals surface area contributed by atoms with Crippen LogP contribution in [-0.2, 0) is 9.53 Å². The van der Waals surface area contributed by atoms with Gasteiger partial charge in [-0.25, -0.2) is 4.99 Å². The van der Waals surface area contributed by atoms with Gasteiger partial charge in [0.2, 0.25) is 0 Å². The second kappa shape index (κ2) is 7.11. The third-order valence-corrected chi connectivity index (χ3v) is 4.59. The van der Waals surface area contributed by atoms with E-state index in [1.807, 2.05) is 0 Å². The molecule has 0 amide bonds. The lowest BCUT2D eigenvalue weighted by Gasteiger charge is -2.27. The standard InChI is InChI=1S/C18H14BrF3N2O2/c1-26-17(25)14-15(10-6-8-11(19)9-7-10)23-12-4-2-3-5-13(12)24-16(14)18(20,21)22/h2-9,14-15,23H,1H3. The molecule has 2 unspecified atom stereocenters. The predicted molar refractivity (Wildman–Crippen MR) is 95.6 cm³/mol. The van der Waals surface area contributed by atoms with Gasteiger partial charge in [0, 0.05) is 4.47 Å². The number of nitrogens with zero attached hydrogens (tertiary/aromatic N) is 1. The molecule has 3 rings (SSSR count). The second-order valence-electron chi connectivity index (χ2n) is 5.69. The SMILES string of the molecule is COC(=O)C1C(C(F)(F)F)=Nc2ccccc2NC1c1ccc(Br)cc1. The van der Waals surface area contributed by atoms with Gasteiger partial charge >= 0.3 is 12.1 Å². The molecule has 0 bridgehead atoms. The fraction of sp³-hybridized carbons (Fsp3) is 0.222. The van der Waals surface area contributed by atoms with Gasteiger partial charge in [-0.1, -0.05) is 40.2 Å². The lowest BCUT2D eigenvalue weighted by Crippen LogP contribution is -2.41. The van der Waals surface area contributed by atoms with Crippen molar-refractivity contribution in [2.45, 2.75) is 12.2 Å². The number of hydrogen-bond donors (Lipinski definition) is 1. The van der Waals surface area contributed by atoms with Gasteiger partial charge in [-0.2, -0.15) is 13.2 Å². The highest BCUT2D eigenvalue weighted by atomic mass is 79.9. The van der Waals surface area contributed by atoms with Crippen LogP contribution in [0.3, 0.4) is 0 Å². The number of benzene rings is 2. The molecule has 0 radical (unpaired) electrons. The maximum absolute atomic E-state index is 13.7. The largest absolute Gasteiger partial charge is 0.468 e. The Labute approximate surface area is 156 Å². The Kier molecular flexibility index (Phi) is 5.04. The van der Waals surface area contributed by atoms with Crippen LogP contribution in [0, 0.1) is 5.92 Å². The molecule has 1 aliphatic heterocycles. The molecule has 8 heteroatoms. The Morgan fingerprint density at radius 1 is 1.15 bits per heavy atom. The summed E-state index contributed by atoms with van der Waals surface area (Å²) >= 11 is 3.30. The molecule has 2 aromatic rings. The van der Waals surface area contributed by atoms with Crippen LogP contribution in [0.15, 0.2) is 58.0 Å². The first-order valence-electron chi connectivity index (χ1n) is 7.66. The highest BCUT2D eigenvalue weighted by molar-refractivity contribution is 9.10. The molecular formula is C18H14BrF3N2O2. The number of methoxy groups -OCH3 is 1. The topological polar surface area (TPSA) is 50.7 Å². The van der Waals surface area contributed by atoms with Gasteiger partial charge in [0.1, 0.15) is 11.6 Å². The van der Waals surface area contributed by atoms with Gasteiger partial charge in [-0.15, -0.1) is 0 Å². The molecule has 0 aliphatic carbocycles. The number of hydrogen-bond acceptors (Lipinski definition) is 4. The smallest absolute Gasteiger partial charge is 0.430 e. The number of fused-ring (bicyclic) bond motifs is 1. The van der Waals surface area contributed by atoms with E-state index >= 15 is 0 Å². The fourth-order valence-electron chi connectivity index (χ4n) is 2.86. The summed E-state index contributed by atoms with van der Waals surface area (Å²) in [4.78, 5) is 16.1. The summed E-state index contributed by atoms with van der Waals surface area (Å²) in [5, 5.41) is 3.03. The number of alkyl halides is 3. The Bertz CT molecular complexity index is 850. The minimum Gasteiger partial charge on any atom is -0.468 e. The summed E-state index contributed by atoms with van der Waals surface area (Å²) in [6.45, 7) is 0. The molecule has 0 saturated carbocycles. The molecule has 26 heavy (non-hydrogen) atoms. The second-order valence-corrected chi connectivity index (χ2v) is 6.60. The zero-order valence-electron chi connectivity index (χ0n) is 13.5. The van der Waals surface area contributed by atoms with E-state index in [0.29, 0.717) is 11.3 Å². The lowest BCUT2D eigenvalue weighted by molar-refractivity contribution is -0.145. The summed E-state index contributed by atoms with van der Waals surface area (Å²) in [7, 11) is 1.06. The molecule has 136 valence electrons. The highest BCUT2D eigenvalue weighted by Gasteiger charge is 2.49. The van der Waals surface area contributed by atoms with Crippen molar-refractivity contribution in [3.63, 3.8) is 0 Å². The van der Waals surface area contributed by atoms with Crippen molar-refractivity contribution in [1.82, 2.24) is 0 Å². The van der Waals surface area contributed by atoms with Crippen LogP contribution in [0.25, 0.3) is 0 Å². The zero-order chi connectivity index (χ0) is 18.9. The van der Waals surface area contributed by atoms with Crippen molar-refractivity contribution in [2.75, 3.05) is 12.4 Å². The molecule has 2 aromatic carbocycles. The highest BCUT2D eigenvalue weighted by Crippen LogP contribution is 2.41. The Balaban J connectivity index is 2.22. The Morgan fingerprint density at radius 3 is 2.42 bits per heavy atom. The van der Waals surface area contributed by atoms with E-state index in [1.54, 1.807) is 42.5 Å². The van der Waals surface area contributed by atoms with Crippen molar-refractivity contribution in [3.05, 3.63) is 58.6 Å². The summed E-state index contributed by atoms with van der Waals surface area (Å²) < 4.78 is 46.7. The van der Waals surface area contributed by atoms with E-state index in [0.717, 1.165) is 11.6 Å². The number of carbonyl (C=O) groups excluding carboxylic acids is 1. The number of carbonyl (C=O) groups is 1. The average molecular weight is 427 g/mol. The van der Waals surface area contributed by atoms with E-state index < -0.39 is 29.8 Å². The maximum Gasteiger partial charge on any atom is 0.430 e. The molecule has 0 fully saturated rings. The lowest BCUT2D eigenvalue weighted by atomic mass is 9.88. The van der Waals surface area contributed by atoms with Gasteiger partial charge in [0.25, 0.3) is 0 Å². The summed E-state index contributed by atoms with van der Waals surface area (Å²) in [5.41, 5.74) is -0.145. The van der Waals surface area contributed by atoms with Gasteiger partial charge in [0.05, 0.1) is 24.5 Å². The minimum absolute atomic E-state index is 0.119. The summed E-state index contributed by atoms with van der Waals surface area (Å²) in [6.07, 6.45) is -4.79. The van der Waals surface area contributed by atoms with Crippen LogP contribution in [0.2, 0.25) is 0 Å². The monoisotopic (exact) mass is 426 g/mol. The van der Waals surface area contributed by atoms with Crippen LogP contribution >= 0.6 is 15.9 Å². The van der Waals surface area contributed by atoms with E-state index in [2.05, 4.69) is 31.0 Å². The first kappa shape index (κ1) is 18.4.